The van der Waals surface area contributed by atoms with Gasteiger partial charge < -0.3 is 4.74 Å². The van der Waals surface area contributed by atoms with Gasteiger partial charge in [-0.05, 0) is 23.4 Å². The Morgan fingerprint density at radius 2 is 1.80 bits per heavy atom. The molecule has 1 nitrogen and oxygen atoms in total. The van der Waals surface area contributed by atoms with E-state index in [1.807, 2.05) is 36.4 Å². The number of fused-ring (bicyclic) bond motifs is 1. The van der Waals surface area contributed by atoms with E-state index < -0.39 is 13.0 Å². The van der Waals surface area contributed by atoms with E-state index in [-0.39, 0.29) is 11.4 Å². The highest BCUT2D eigenvalue weighted by Gasteiger charge is 2.13. The molecule has 2 aromatic rings. The van der Waals surface area contributed by atoms with Gasteiger partial charge in [0.1, 0.15) is 6.61 Å². The zero-order valence-electron chi connectivity index (χ0n) is 10.7. The average Bonchev–Trinajstić information content (AvgIpc) is 2.44. The monoisotopic (exact) mass is 362 g/mol. The number of hydrogen-bond acceptors (Lipinski definition) is 1. The number of halogens is 4. The molecule has 0 fully saturated rings. The minimum absolute atomic E-state index is 0.0438. The Morgan fingerprint density at radius 1 is 1.10 bits per heavy atom. The van der Waals surface area contributed by atoms with Crippen molar-refractivity contribution in [2.24, 2.45) is 0 Å². The maximum absolute atomic E-state index is 12.0. The summed E-state index contributed by atoms with van der Waals surface area (Å²) in [6.45, 7) is -0.224. The third-order valence-corrected chi connectivity index (χ3v) is 4.28. The van der Waals surface area contributed by atoms with Gasteiger partial charge in [0, 0.05) is 21.8 Å². The van der Waals surface area contributed by atoms with Crippen LogP contribution in [0.4, 0.5) is 8.78 Å². The fourth-order valence-corrected chi connectivity index (χ4v) is 2.89. The lowest BCUT2D eigenvalue weighted by molar-refractivity contribution is 0.0167. The van der Waals surface area contributed by atoms with Crippen molar-refractivity contribution in [1.29, 1.82) is 0 Å². The molecule has 20 heavy (non-hydrogen) atoms. The van der Waals surface area contributed by atoms with E-state index in [2.05, 4.69) is 15.9 Å². The molecule has 0 N–H and O–H groups in total. The molecule has 0 amide bonds. The SMILES string of the molecule is FC(F)COCCC(Br)c1ccc(Cl)c2ccccc12. The van der Waals surface area contributed by atoms with Gasteiger partial charge in [0.25, 0.3) is 6.43 Å². The van der Waals surface area contributed by atoms with E-state index in [9.17, 15) is 8.78 Å². The first-order valence-electron chi connectivity index (χ1n) is 6.26. The molecular weight excluding hydrogens is 350 g/mol. The van der Waals surface area contributed by atoms with Crippen molar-refractivity contribution in [2.75, 3.05) is 13.2 Å². The maximum Gasteiger partial charge on any atom is 0.261 e. The van der Waals surface area contributed by atoms with Gasteiger partial charge in [-0.3, -0.25) is 0 Å². The second-order valence-corrected chi connectivity index (χ2v) is 5.92. The summed E-state index contributed by atoms with van der Waals surface area (Å²) in [6, 6.07) is 11.7. The van der Waals surface area contributed by atoms with E-state index in [0.29, 0.717) is 11.4 Å². The van der Waals surface area contributed by atoms with E-state index in [1.54, 1.807) is 0 Å². The second-order valence-electron chi connectivity index (χ2n) is 4.40. The highest BCUT2D eigenvalue weighted by molar-refractivity contribution is 9.09. The second kappa shape index (κ2) is 7.34. The summed E-state index contributed by atoms with van der Waals surface area (Å²) in [5, 5.41) is 2.76. The highest BCUT2D eigenvalue weighted by atomic mass is 79.9. The minimum Gasteiger partial charge on any atom is -0.375 e. The van der Waals surface area contributed by atoms with Crippen LogP contribution in [-0.4, -0.2) is 19.6 Å². The Kier molecular flexibility index (Phi) is 5.75. The fraction of sp³-hybridized carbons (Fsp3) is 0.333. The van der Waals surface area contributed by atoms with Crippen LogP contribution in [-0.2, 0) is 4.74 Å². The van der Waals surface area contributed by atoms with Crippen LogP contribution in [0.5, 0.6) is 0 Å². The van der Waals surface area contributed by atoms with Gasteiger partial charge in [0.05, 0.1) is 0 Å². The smallest absolute Gasteiger partial charge is 0.261 e. The Bertz CT molecular complexity index is 577. The molecule has 0 saturated carbocycles. The van der Waals surface area contributed by atoms with E-state index in [1.165, 1.54) is 0 Å². The summed E-state index contributed by atoms with van der Waals surface area (Å²) < 4.78 is 28.9. The molecule has 0 aromatic heterocycles. The van der Waals surface area contributed by atoms with Gasteiger partial charge in [-0.15, -0.1) is 0 Å². The average molecular weight is 364 g/mol. The summed E-state index contributed by atoms with van der Waals surface area (Å²) in [6.07, 6.45) is -1.79. The van der Waals surface area contributed by atoms with E-state index >= 15 is 0 Å². The number of ether oxygens (including phenoxy) is 1. The molecule has 0 bridgehead atoms. The summed E-state index contributed by atoms with van der Waals surface area (Å²) >= 11 is 9.76. The Morgan fingerprint density at radius 3 is 2.50 bits per heavy atom. The van der Waals surface area contributed by atoms with Crippen molar-refractivity contribution in [3.63, 3.8) is 0 Å². The zero-order valence-corrected chi connectivity index (χ0v) is 13.0. The molecule has 1 atom stereocenters. The molecule has 0 heterocycles. The quantitative estimate of drug-likeness (QED) is 0.479. The van der Waals surface area contributed by atoms with Crippen LogP contribution in [0.3, 0.4) is 0 Å². The predicted octanol–water partition coefficient (Wildman–Crippen LogP) is 5.60. The topological polar surface area (TPSA) is 9.23 Å². The normalized spacial score (nSPS) is 13.1. The lowest BCUT2D eigenvalue weighted by Gasteiger charge is -2.14. The standard InChI is InChI=1S/C15H14BrClF2O/c16-13(7-8-20-9-15(18)19)11-5-6-14(17)12-4-2-1-3-10(11)12/h1-6,13,15H,7-9H2. The predicted molar refractivity (Wildman–Crippen MR) is 82.1 cm³/mol. The van der Waals surface area contributed by atoms with Crippen LogP contribution in [0, 0.1) is 0 Å². The van der Waals surface area contributed by atoms with E-state index in [0.717, 1.165) is 16.3 Å². The van der Waals surface area contributed by atoms with Gasteiger partial charge in [-0.25, -0.2) is 8.78 Å². The molecule has 0 spiro atoms. The molecule has 1 unspecified atom stereocenters. The largest absolute Gasteiger partial charge is 0.375 e. The number of hydrogen-bond donors (Lipinski definition) is 0. The van der Waals surface area contributed by atoms with Crippen LogP contribution in [0.2, 0.25) is 5.02 Å². The number of alkyl halides is 3. The van der Waals surface area contributed by atoms with E-state index in [4.69, 9.17) is 16.3 Å². The Balaban J connectivity index is 2.10. The van der Waals surface area contributed by atoms with Crippen LogP contribution in [0.25, 0.3) is 10.8 Å². The van der Waals surface area contributed by atoms with Crippen molar-refractivity contribution in [2.45, 2.75) is 17.7 Å². The van der Waals surface area contributed by atoms with Crippen molar-refractivity contribution in [3.05, 3.63) is 47.0 Å². The summed E-state index contributed by atoms with van der Waals surface area (Å²) in [5.74, 6) is 0. The highest BCUT2D eigenvalue weighted by Crippen LogP contribution is 2.35. The first-order valence-corrected chi connectivity index (χ1v) is 7.56. The molecule has 0 aliphatic rings. The molecule has 5 heteroatoms. The third kappa shape index (κ3) is 3.90. The van der Waals surface area contributed by atoms with Crippen molar-refractivity contribution in [1.82, 2.24) is 0 Å². The van der Waals surface area contributed by atoms with Crippen LogP contribution in [0.15, 0.2) is 36.4 Å². The molecule has 2 rings (SSSR count). The molecule has 108 valence electrons. The molecule has 0 aliphatic carbocycles. The number of rotatable bonds is 6. The lowest BCUT2D eigenvalue weighted by atomic mass is 10.0. The first-order chi connectivity index (χ1) is 9.59. The molecule has 0 radical (unpaired) electrons. The van der Waals surface area contributed by atoms with Gasteiger partial charge >= 0.3 is 0 Å². The van der Waals surface area contributed by atoms with Gasteiger partial charge in [0.2, 0.25) is 0 Å². The zero-order chi connectivity index (χ0) is 14.5. The molecule has 2 aromatic carbocycles. The van der Waals surface area contributed by atoms with Crippen molar-refractivity contribution in [3.8, 4) is 0 Å². The van der Waals surface area contributed by atoms with Crippen molar-refractivity contribution < 1.29 is 13.5 Å². The minimum atomic E-state index is -2.42. The number of benzene rings is 2. The first kappa shape index (κ1) is 15.7. The summed E-state index contributed by atoms with van der Waals surface area (Å²) in [7, 11) is 0. The van der Waals surface area contributed by atoms with Gasteiger partial charge in [-0.1, -0.05) is 57.9 Å². The van der Waals surface area contributed by atoms with Crippen LogP contribution < -0.4 is 0 Å². The Hall–Kier alpha value is -0.710. The third-order valence-electron chi connectivity index (χ3n) is 3.00. The summed E-state index contributed by atoms with van der Waals surface area (Å²) in [4.78, 5) is 0.0438. The van der Waals surface area contributed by atoms with Crippen LogP contribution >= 0.6 is 27.5 Å². The molecular formula is C15H14BrClF2O. The van der Waals surface area contributed by atoms with Gasteiger partial charge in [0.15, 0.2) is 0 Å². The Labute approximate surface area is 130 Å². The van der Waals surface area contributed by atoms with Crippen LogP contribution in [0.1, 0.15) is 16.8 Å². The van der Waals surface area contributed by atoms with Gasteiger partial charge in [-0.2, -0.15) is 0 Å². The summed E-state index contributed by atoms with van der Waals surface area (Å²) in [5.41, 5.74) is 1.09. The maximum atomic E-state index is 12.0. The lowest BCUT2D eigenvalue weighted by Crippen LogP contribution is -2.07. The van der Waals surface area contributed by atoms with Crippen molar-refractivity contribution >= 4 is 38.3 Å². The molecule has 0 aliphatic heterocycles. The fourth-order valence-electron chi connectivity index (χ4n) is 2.07. The molecule has 0 saturated heterocycles.